The van der Waals surface area contributed by atoms with Gasteiger partial charge in [0.2, 0.25) is 0 Å². The number of aliphatic hydroxyl groups excluding tert-OH is 1. The van der Waals surface area contributed by atoms with E-state index in [9.17, 15) is 9.90 Å². The Hall–Kier alpha value is -1.35. The third-order valence-corrected chi connectivity index (χ3v) is 3.10. The van der Waals surface area contributed by atoms with E-state index in [-0.39, 0.29) is 6.42 Å². The zero-order valence-corrected chi connectivity index (χ0v) is 13.2. The Morgan fingerprint density at radius 3 is 2.19 bits per heavy atom. The Kier molecular flexibility index (Phi) is 14.1. The third kappa shape index (κ3) is 16.6. The smallest absolute Gasteiger partial charge is 0.305 e. The van der Waals surface area contributed by atoms with Crippen LogP contribution in [0.25, 0.3) is 0 Å². The van der Waals surface area contributed by atoms with Crippen molar-refractivity contribution in [2.24, 2.45) is 0 Å². The van der Waals surface area contributed by atoms with Crippen molar-refractivity contribution in [2.75, 3.05) is 0 Å². The van der Waals surface area contributed by atoms with E-state index >= 15 is 0 Å². The maximum Gasteiger partial charge on any atom is 0.305 e. The first-order valence-electron chi connectivity index (χ1n) is 8.01. The van der Waals surface area contributed by atoms with Crippen LogP contribution in [0.3, 0.4) is 0 Å². The molecule has 120 valence electrons. The van der Waals surface area contributed by atoms with Gasteiger partial charge in [0.05, 0.1) is 12.5 Å². The number of carboxylic acids is 1. The number of rotatable bonds is 13. The van der Waals surface area contributed by atoms with Crippen LogP contribution in [0.2, 0.25) is 0 Å². The lowest BCUT2D eigenvalue weighted by Gasteiger charge is -2.06. The van der Waals surface area contributed by atoms with Gasteiger partial charge in [-0.25, -0.2) is 0 Å². The van der Waals surface area contributed by atoms with Crippen molar-refractivity contribution in [3.05, 3.63) is 36.5 Å². The van der Waals surface area contributed by atoms with E-state index in [4.69, 9.17) is 5.11 Å². The predicted molar refractivity (Wildman–Crippen MR) is 88.3 cm³/mol. The quantitative estimate of drug-likeness (QED) is 0.384. The maximum absolute atomic E-state index is 10.4. The molecule has 3 heteroatoms. The zero-order chi connectivity index (χ0) is 15.8. The van der Waals surface area contributed by atoms with Crippen molar-refractivity contribution < 1.29 is 15.0 Å². The highest BCUT2D eigenvalue weighted by atomic mass is 16.4. The molecule has 21 heavy (non-hydrogen) atoms. The van der Waals surface area contributed by atoms with Crippen molar-refractivity contribution in [3.63, 3.8) is 0 Å². The molecule has 0 fully saturated rings. The van der Waals surface area contributed by atoms with Gasteiger partial charge in [0.1, 0.15) is 0 Å². The first-order chi connectivity index (χ1) is 10.2. The highest BCUT2D eigenvalue weighted by molar-refractivity contribution is 5.67. The molecule has 0 aromatic carbocycles. The minimum Gasteiger partial charge on any atom is -0.481 e. The van der Waals surface area contributed by atoms with Crippen LogP contribution in [0, 0.1) is 0 Å². The van der Waals surface area contributed by atoms with E-state index < -0.39 is 12.1 Å². The molecular formula is C18H30O3. The summed E-state index contributed by atoms with van der Waals surface area (Å²) in [6.45, 7) is 2.13. The molecule has 1 unspecified atom stereocenters. The second kappa shape index (κ2) is 15.0. The summed E-state index contributed by atoms with van der Waals surface area (Å²) in [5.74, 6) is -0.927. The molecule has 0 radical (unpaired) electrons. The van der Waals surface area contributed by atoms with Crippen molar-refractivity contribution in [1.29, 1.82) is 0 Å². The molecule has 0 spiro atoms. The SMILES string of the molecule is CC/C=C\C/C=C\C/C=C\CCCCCC(O)CC(=O)O. The number of hydrogen-bond donors (Lipinski definition) is 2. The fourth-order valence-electron chi connectivity index (χ4n) is 1.95. The Labute approximate surface area is 129 Å². The third-order valence-electron chi connectivity index (χ3n) is 3.10. The average Bonchev–Trinajstić information content (AvgIpc) is 2.43. The van der Waals surface area contributed by atoms with Gasteiger partial charge in [0.25, 0.3) is 0 Å². The molecular weight excluding hydrogens is 264 g/mol. The summed E-state index contributed by atoms with van der Waals surface area (Å²) in [6.07, 6.45) is 20.0. The highest BCUT2D eigenvalue weighted by Crippen LogP contribution is 2.08. The summed E-state index contributed by atoms with van der Waals surface area (Å²) < 4.78 is 0. The van der Waals surface area contributed by atoms with E-state index in [1.54, 1.807) is 0 Å². The van der Waals surface area contributed by atoms with Gasteiger partial charge in [0.15, 0.2) is 0 Å². The molecule has 0 aliphatic rings. The van der Waals surface area contributed by atoms with Crippen LogP contribution < -0.4 is 0 Å². The van der Waals surface area contributed by atoms with Gasteiger partial charge >= 0.3 is 5.97 Å². The summed E-state index contributed by atoms with van der Waals surface area (Å²) in [5, 5.41) is 17.9. The monoisotopic (exact) mass is 294 g/mol. The summed E-state index contributed by atoms with van der Waals surface area (Å²) in [4.78, 5) is 10.4. The topological polar surface area (TPSA) is 57.5 Å². The molecule has 1 atom stereocenters. The lowest BCUT2D eigenvalue weighted by molar-refractivity contribution is -0.139. The van der Waals surface area contributed by atoms with Gasteiger partial charge in [-0.3, -0.25) is 4.79 Å². The molecule has 0 amide bonds. The minimum atomic E-state index is -0.927. The Bertz CT molecular complexity index is 329. The molecule has 0 rings (SSSR count). The molecule has 0 aromatic heterocycles. The van der Waals surface area contributed by atoms with Crippen molar-refractivity contribution in [2.45, 2.75) is 70.8 Å². The summed E-state index contributed by atoms with van der Waals surface area (Å²) in [6, 6.07) is 0. The number of aliphatic hydroxyl groups is 1. The lowest BCUT2D eigenvalue weighted by Crippen LogP contribution is -2.12. The highest BCUT2D eigenvalue weighted by Gasteiger charge is 2.08. The lowest BCUT2D eigenvalue weighted by atomic mass is 10.1. The number of carboxylic acid groups (broad SMARTS) is 1. The molecule has 0 saturated heterocycles. The Balaban J connectivity index is 3.36. The normalized spacial score (nSPS) is 13.6. The predicted octanol–water partition coefficient (Wildman–Crippen LogP) is 4.63. The fourth-order valence-corrected chi connectivity index (χ4v) is 1.95. The van der Waals surface area contributed by atoms with E-state index in [1.165, 1.54) is 0 Å². The van der Waals surface area contributed by atoms with Crippen LogP contribution in [0.15, 0.2) is 36.5 Å². The number of carbonyl (C=O) groups is 1. The van der Waals surface area contributed by atoms with Gasteiger partial charge in [-0.05, 0) is 38.5 Å². The first kappa shape index (κ1) is 19.7. The Morgan fingerprint density at radius 1 is 0.952 bits per heavy atom. The molecule has 0 aliphatic carbocycles. The average molecular weight is 294 g/mol. The molecule has 0 aliphatic heterocycles. The van der Waals surface area contributed by atoms with Crippen LogP contribution in [0.1, 0.15) is 64.7 Å². The molecule has 0 heterocycles. The largest absolute Gasteiger partial charge is 0.481 e. The van der Waals surface area contributed by atoms with Crippen LogP contribution in [-0.4, -0.2) is 22.3 Å². The second-order valence-electron chi connectivity index (χ2n) is 5.18. The molecule has 2 N–H and O–H groups in total. The van der Waals surface area contributed by atoms with Gasteiger partial charge in [0, 0.05) is 0 Å². The summed E-state index contributed by atoms with van der Waals surface area (Å²) in [7, 11) is 0. The maximum atomic E-state index is 10.4. The molecule has 3 nitrogen and oxygen atoms in total. The van der Waals surface area contributed by atoms with Crippen LogP contribution >= 0.6 is 0 Å². The van der Waals surface area contributed by atoms with Crippen molar-refractivity contribution in [1.82, 2.24) is 0 Å². The molecule has 0 bridgehead atoms. The second-order valence-corrected chi connectivity index (χ2v) is 5.18. The van der Waals surface area contributed by atoms with Crippen molar-refractivity contribution in [3.8, 4) is 0 Å². The van der Waals surface area contributed by atoms with E-state index in [0.29, 0.717) is 6.42 Å². The summed E-state index contributed by atoms with van der Waals surface area (Å²) in [5.41, 5.74) is 0. The standard InChI is InChI=1S/C18H30O3/c1-2-3-4-5-6-7-8-9-10-11-12-13-14-15-17(19)16-18(20)21/h3-4,6-7,9-10,17,19H,2,5,8,11-16H2,1H3,(H,20,21)/b4-3-,7-6-,10-9-. The number of hydrogen-bond acceptors (Lipinski definition) is 2. The number of aliphatic carboxylic acids is 1. The van der Waals surface area contributed by atoms with Gasteiger partial charge < -0.3 is 10.2 Å². The van der Waals surface area contributed by atoms with Crippen LogP contribution in [0.5, 0.6) is 0 Å². The summed E-state index contributed by atoms with van der Waals surface area (Å²) >= 11 is 0. The zero-order valence-electron chi connectivity index (χ0n) is 13.2. The number of allylic oxidation sites excluding steroid dienone is 6. The van der Waals surface area contributed by atoms with Crippen LogP contribution in [-0.2, 0) is 4.79 Å². The van der Waals surface area contributed by atoms with Gasteiger partial charge in [-0.15, -0.1) is 0 Å². The van der Waals surface area contributed by atoms with E-state index in [0.717, 1.165) is 44.9 Å². The first-order valence-corrected chi connectivity index (χ1v) is 8.01. The van der Waals surface area contributed by atoms with Crippen LogP contribution in [0.4, 0.5) is 0 Å². The fraction of sp³-hybridized carbons (Fsp3) is 0.611. The molecule has 0 saturated carbocycles. The van der Waals surface area contributed by atoms with E-state index in [1.807, 2.05) is 0 Å². The van der Waals surface area contributed by atoms with Gasteiger partial charge in [-0.2, -0.15) is 0 Å². The van der Waals surface area contributed by atoms with E-state index in [2.05, 4.69) is 43.4 Å². The molecule has 0 aromatic rings. The Morgan fingerprint density at radius 2 is 1.57 bits per heavy atom. The number of unbranched alkanes of at least 4 members (excludes halogenated alkanes) is 3. The van der Waals surface area contributed by atoms with Gasteiger partial charge in [-0.1, -0.05) is 56.2 Å². The van der Waals surface area contributed by atoms with Crippen molar-refractivity contribution >= 4 is 5.97 Å². The minimum absolute atomic E-state index is 0.139.